The lowest BCUT2D eigenvalue weighted by atomic mass is 10.1. The molecule has 4 nitrogen and oxygen atoms in total. The maximum Gasteiger partial charge on any atom is 0.228 e. The van der Waals surface area contributed by atoms with Gasteiger partial charge in [-0.25, -0.2) is 0 Å². The van der Waals surface area contributed by atoms with Crippen molar-refractivity contribution in [3.05, 3.63) is 40.5 Å². The molecule has 0 saturated heterocycles. The van der Waals surface area contributed by atoms with E-state index in [2.05, 4.69) is 50.4 Å². The van der Waals surface area contributed by atoms with Gasteiger partial charge in [-0.2, -0.15) is 4.98 Å². The minimum Gasteiger partial charge on any atom is -0.339 e. The van der Waals surface area contributed by atoms with Crippen molar-refractivity contribution in [2.24, 2.45) is 0 Å². The Balaban J connectivity index is 1.86. The SMILES string of the molecule is CCCC(Cc1nc(CSc2ccc(Br)cc2)no1)NC. The standard InChI is InChI=1S/C15H20BrN3OS/c1-3-4-12(17-2)9-15-18-14(19-20-15)10-21-13-7-5-11(16)6-8-13/h5-8,12,17H,3-4,9-10H2,1-2H3. The number of nitrogens with one attached hydrogen (secondary N) is 1. The fourth-order valence-electron chi connectivity index (χ4n) is 2.02. The second-order valence-electron chi connectivity index (χ2n) is 4.83. The van der Waals surface area contributed by atoms with Crippen molar-refractivity contribution in [1.82, 2.24) is 15.5 Å². The molecule has 1 atom stereocenters. The largest absolute Gasteiger partial charge is 0.339 e. The lowest BCUT2D eigenvalue weighted by Gasteiger charge is -2.11. The fraction of sp³-hybridized carbons (Fsp3) is 0.467. The Morgan fingerprint density at radius 2 is 2.10 bits per heavy atom. The van der Waals surface area contributed by atoms with E-state index in [1.165, 1.54) is 4.90 Å². The zero-order valence-electron chi connectivity index (χ0n) is 12.3. The summed E-state index contributed by atoms with van der Waals surface area (Å²) in [6, 6.07) is 8.63. The van der Waals surface area contributed by atoms with Gasteiger partial charge >= 0.3 is 0 Å². The number of hydrogen-bond donors (Lipinski definition) is 1. The van der Waals surface area contributed by atoms with Crippen LogP contribution in [-0.2, 0) is 12.2 Å². The van der Waals surface area contributed by atoms with E-state index in [4.69, 9.17) is 4.52 Å². The summed E-state index contributed by atoms with van der Waals surface area (Å²) in [5.41, 5.74) is 0. The first kappa shape index (κ1) is 16.5. The Morgan fingerprint density at radius 1 is 1.33 bits per heavy atom. The average molecular weight is 370 g/mol. The third kappa shape index (κ3) is 5.45. The number of aromatic nitrogens is 2. The zero-order chi connectivity index (χ0) is 15.1. The summed E-state index contributed by atoms with van der Waals surface area (Å²) in [5, 5.41) is 7.34. The first-order chi connectivity index (χ1) is 10.2. The lowest BCUT2D eigenvalue weighted by molar-refractivity contribution is 0.353. The van der Waals surface area contributed by atoms with Gasteiger partial charge < -0.3 is 9.84 Å². The maximum atomic E-state index is 5.33. The Hall–Kier alpha value is -0.850. The smallest absolute Gasteiger partial charge is 0.228 e. The highest BCUT2D eigenvalue weighted by Gasteiger charge is 2.12. The summed E-state index contributed by atoms with van der Waals surface area (Å²) in [7, 11) is 1.97. The van der Waals surface area contributed by atoms with Gasteiger partial charge in [0.1, 0.15) is 0 Å². The third-order valence-electron chi connectivity index (χ3n) is 3.16. The molecule has 0 spiro atoms. The Morgan fingerprint density at radius 3 is 2.76 bits per heavy atom. The van der Waals surface area contributed by atoms with Gasteiger partial charge in [-0.15, -0.1) is 11.8 Å². The van der Waals surface area contributed by atoms with Gasteiger partial charge in [-0.3, -0.25) is 0 Å². The van der Waals surface area contributed by atoms with Crippen molar-refractivity contribution in [3.8, 4) is 0 Å². The van der Waals surface area contributed by atoms with Crippen LogP contribution >= 0.6 is 27.7 Å². The highest BCUT2D eigenvalue weighted by atomic mass is 79.9. The molecule has 1 N–H and O–H groups in total. The first-order valence-corrected chi connectivity index (χ1v) is 8.86. The van der Waals surface area contributed by atoms with Gasteiger partial charge in [0.05, 0.1) is 5.75 Å². The fourth-order valence-corrected chi connectivity index (χ4v) is 3.02. The van der Waals surface area contributed by atoms with Crippen LogP contribution in [0.25, 0.3) is 0 Å². The second kappa shape index (κ2) is 8.56. The van der Waals surface area contributed by atoms with Crippen LogP contribution in [0.2, 0.25) is 0 Å². The van der Waals surface area contributed by atoms with E-state index >= 15 is 0 Å². The minimum atomic E-state index is 0.405. The zero-order valence-corrected chi connectivity index (χ0v) is 14.7. The van der Waals surface area contributed by atoms with E-state index in [1.54, 1.807) is 11.8 Å². The van der Waals surface area contributed by atoms with E-state index in [-0.39, 0.29) is 0 Å². The Kier molecular flexibility index (Phi) is 6.73. The molecule has 0 radical (unpaired) electrons. The molecule has 1 heterocycles. The number of nitrogens with zero attached hydrogens (tertiary/aromatic N) is 2. The van der Waals surface area contributed by atoms with E-state index in [1.807, 2.05) is 19.2 Å². The topological polar surface area (TPSA) is 51.0 Å². The molecule has 114 valence electrons. The van der Waals surface area contributed by atoms with Crippen molar-refractivity contribution in [3.63, 3.8) is 0 Å². The summed E-state index contributed by atoms with van der Waals surface area (Å²) < 4.78 is 6.41. The predicted molar refractivity (Wildman–Crippen MR) is 89.5 cm³/mol. The molecule has 0 bridgehead atoms. The van der Waals surface area contributed by atoms with Crippen molar-refractivity contribution < 1.29 is 4.52 Å². The van der Waals surface area contributed by atoms with Crippen LogP contribution in [0.3, 0.4) is 0 Å². The van der Waals surface area contributed by atoms with Crippen LogP contribution in [0.5, 0.6) is 0 Å². The van der Waals surface area contributed by atoms with E-state index in [0.29, 0.717) is 11.9 Å². The molecule has 21 heavy (non-hydrogen) atoms. The summed E-state index contributed by atoms with van der Waals surface area (Å²) in [4.78, 5) is 5.66. The third-order valence-corrected chi connectivity index (χ3v) is 4.69. The predicted octanol–water partition coefficient (Wildman–Crippen LogP) is 4.06. The minimum absolute atomic E-state index is 0.405. The van der Waals surface area contributed by atoms with Gasteiger partial charge in [0, 0.05) is 21.8 Å². The number of thioether (sulfide) groups is 1. The Labute approximate surface area is 138 Å². The molecule has 0 aliphatic rings. The molecule has 0 fully saturated rings. The molecule has 0 saturated carbocycles. The number of benzene rings is 1. The van der Waals surface area contributed by atoms with E-state index < -0.39 is 0 Å². The van der Waals surface area contributed by atoms with Crippen LogP contribution < -0.4 is 5.32 Å². The molecule has 0 aliphatic heterocycles. The molecule has 2 aromatic rings. The van der Waals surface area contributed by atoms with Crippen LogP contribution in [0, 0.1) is 0 Å². The number of halogens is 1. The van der Waals surface area contributed by atoms with E-state index in [9.17, 15) is 0 Å². The highest BCUT2D eigenvalue weighted by molar-refractivity contribution is 9.10. The second-order valence-corrected chi connectivity index (χ2v) is 6.79. The summed E-state index contributed by atoms with van der Waals surface area (Å²) in [6.07, 6.45) is 3.05. The molecule has 1 aromatic heterocycles. The molecular formula is C15H20BrN3OS. The van der Waals surface area contributed by atoms with Gasteiger partial charge in [0.25, 0.3) is 0 Å². The van der Waals surface area contributed by atoms with Crippen molar-refractivity contribution in [2.45, 2.75) is 42.9 Å². The van der Waals surface area contributed by atoms with Crippen LogP contribution in [0.15, 0.2) is 38.2 Å². The van der Waals surface area contributed by atoms with Gasteiger partial charge in [0.15, 0.2) is 5.82 Å². The molecule has 2 rings (SSSR count). The van der Waals surface area contributed by atoms with E-state index in [0.717, 1.165) is 35.3 Å². The number of hydrogen-bond acceptors (Lipinski definition) is 5. The summed E-state index contributed by atoms with van der Waals surface area (Å²) >= 11 is 5.14. The maximum absolute atomic E-state index is 5.33. The quantitative estimate of drug-likeness (QED) is 0.711. The Bertz CT molecular complexity index is 544. The lowest BCUT2D eigenvalue weighted by Crippen LogP contribution is -2.27. The van der Waals surface area contributed by atoms with Crippen molar-refractivity contribution in [1.29, 1.82) is 0 Å². The molecule has 6 heteroatoms. The normalized spacial score (nSPS) is 12.5. The highest BCUT2D eigenvalue weighted by Crippen LogP contribution is 2.23. The number of likely N-dealkylation sites (N-methyl/N-ethyl adjacent to an activating group) is 1. The molecule has 0 aliphatic carbocycles. The molecule has 1 aromatic carbocycles. The summed E-state index contributed by atoms with van der Waals surface area (Å²) in [6.45, 7) is 2.18. The number of rotatable bonds is 8. The van der Waals surface area contributed by atoms with Crippen LogP contribution in [0.1, 0.15) is 31.5 Å². The first-order valence-electron chi connectivity index (χ1n) is 7.08. The molecule has 0 amide bonds. The van der Waals surface area contributed by atoms with Crippen molar-refractivity contribution >= 4 is 27.7 Å². The monoisotopic (exact) mass is 369 g/mol. The summed E-state index contributed by atoms with van der Waals surface area (Å²) in [5.74, 6) is 2.20. The molecular weight excluding hydrogens is 350 g/mol. The van der Waals surface area contributed by atoms with Crippen LogP contribution in [-0.4, -0.2) is 23.2 Å². The van der Waals surface area contributed by atoms with Crippen molar-refractivity contribution in [2.75, 3.05) is 7.05 Å². The molecule has 1 unspecified atom stereocenters. The van der Waals surface area contributed by atoms with Gasteiger partial charge in [-0.1, -0.05) is 34.4 Å². The average Bonchev–Trinajstić information content (AvgIpc) is 2.94. The van der Waals surface area contributed by atoms with Gasteiger partial charge in [-0.05, 0) is 37.7 Å². The van der Waals surface area contributed by atoms with Gasteiger partial charge in [0.2, 0.25) is 5.89 Å². The van der Waals surface area contributed by atoms with Crippen LogP contribution in [0.4, 0.5) is 0 Å².